The second-order valence-corrected chi connectivity index (χ2v) is 13.8. The summed E-state index contributed by atoms with van der Waals surface area (Å²) in [5.74, 6) is 0. The van der Waals surface area contributed by atoms with Gasteiger partial charge in [-0.15, -0.1) is 0 Å². The summed E-state index contributed by atoms with van der Waals surface area (Å²) in [6.45, 7) is 8.75. The van der Waals surface area contributed by atoms with Gasteiger partial charge in [0, 0.05) is 45.5 Å². The van der Waals surface area contributed by atoms with Gasteiger partial charge in [-0.3, -0.25) is 0 Å². The Balaban J connectivity index is 1.41. The second-order valence-electron chi connectivity index (χ2n) is 13.8. The summed E-state index contributed by atoms with van der Waals surface area (Å²) in [5.41, 5.74) is 19.5. The maximum absolute atomic E-state index is 2.49. The molecule has 0 aliphatic carbocycles. The molecule has 0 unspecified atom stereocenters. The van der Waals surface area contributed by atoms with Crippen LogP contribution in [0.15, 0.2) is 158 Å². The summed E-state index contributed by atoms with van der Waals surface area (Å²) in [4.78, 5) is 7.38. The molecular formula is C46H38BN3. The first-order valence-corrected chi connectivity index (χ1v) is 17.5. The van der Waals surface area contributed by atoms with Crippen LogP contribution in [0.25, 0.3) is 0 Å². The maximum Gasteiger partial charge on any atom is 0.252 e. The molecular weight excluding hydrogens is 605 g/mol. The number of rotatable bonds is 5. The van der Waals surface area contributed by atoms with Crippen LogP contribution in [0, 0.1) is 27.7 Å². The van der Waals surface area contributed by atoms with Crippen molar-refractivity contribution in [3.63, 3.8) is 0 Å². The lowest BCUT2D eigenvalue weighted by atomic mass is 9.33. The van der Waals surface area contributed by atoms with Crippen LogP contribution in [-0.4, -0.2) is 6.71 Å². The topological polar surface area (TPSA) is 9.72 Å². The van der Waals surface area contributed by atoms with Gasteiger partial charge in [-0.05, 0) is 117 Å². The summed E-state index contributed by atoms with van der Waals surface area (Å²) in [7, 11) is 0. The zero-order valence-electron chi connectivity index (χ0n) is 28.9. The minimum atomic E-state index is 0.0778. The van der Waals surface area contributed by atoms with Crippen LogP contribution in [0.1, 0.15) is 22.3 Å². The second kappa shape index (κ2) is 11.9. The average molecular weight is 644 g/mol. The van der Waals surface area contributed by atoms with Gasteiger partial charge in [-0.25, -0.2) is 0 Å². The molecule has 0 saturated carbocycles. The first kappa shape index (κ1) is 30.1. The van der Waals surface area contributed by atoms with E-state index in [1.807, 2.05) is 0 Å². The fourth-order valence-corrected chi connectivity index (χ4v) is 7.85. The summed E-state index contributed by atoms with van der Waals surface area (Å²) < 4.78 is 0. The van der Waals surface area contributed by atoms with Crippen molar-refractivity contribution in [2.24, 2.45) is 0 Å². The van der Waals surface area contributed by atoms with Gasteiger partial charge >= 0.3 is 0 Å². The standard InChI is InChI=1S/C46H38BN3/c1-31-14-21-36(22-15-31)48(37-23-16-32(2)17-24-37)39-29-44-46-45(30-39)50(38-25-18-33(3)19-26-38)43-27-20-34(4)28-41(43)47(46)40-12-8-9-13-42(40)49(44)35-10-6-5-7-11-35/h5-30H,1-4H3. The number of hydrogen-bond donors (Lipinski definition) is 0. The van der Waals surface area contributed by atoms with Crippen molar-refractivity contribution in [2.75, 3.05) is 14.7 Å². The van der Waals surface area contributed by atoms with E-state index in [4.69, 9.17) is 0 Å². The van der Waals surface area contributed by atoms with Crippen molar-refractivity contribution in [1.82, 2.24) is 0 Å². The Bertz CT molecular complexity index is 2320. The number of hydrogen-bond acceptors (Lipinski definition) is 3. The van der Waals surface area contributed by atoms with Crippen molar-refractivity contribution in [2.45, 2.75) is 27.7 Å². The Morgan fingerprint density at radius 1 is 0.380 bits per heavy atom. The van der Waals surface area contributed by atoms with Gasteiger partial charge in [0.25, 0.3) is 6.71 Å². The molecule has 0 saturated heterocycles. The third-order valence-corrected chi connectivity index (χ3v) is 10.3. The smallest absolute Gasteiger partial charge is 0.252 e. The van der Waals surface area contributed by atoms with Crippen molar-refractivity contribution < 1.29 is 0 Å². The molecule has 0 radical (unpaired) electrons. The Morgan fingerprint density at radius 2 is 0.860 bits per heavy atom. The zero-order valence-corrected chi connectivity index (χ0v) is 28.9. The minimum absolute atomic E-state index is 0.0778. The number of benzene rings is 7. The number of aryl methyl sites for hydroxylation is 4. The highest BCUT2D eigenvalue weighted by Gasteiger charge is 2.43. The molecule has 0 aromatic heterocycles. The first-order chi connectivity index (χ1) is 24.4. The van der Waals surface area contributed by atoms with Gasteiger partial charge in [-0.1, -0.05) is 107 Å². The van der Waals surface area contributed by atoms with E-state index in [1.54, 1.807) is 0 Å². The molecule has 0 atom stereocenters. The first-order valence-electron chi connectivity index (χ1n) is 17.5. The fourth-order valence-electron chi connectivity index (χ4n) is 7.85. The highest BCUT2D eigenvalue weighted by molar-refractivity contribution is 7.00. The Kier molecular flexibility index (Phi) is 7.13. The predicted octanol–water partition coefficient (Wildman–Crippen LogP) is 10.5. The van der Waals surface area contributed by atoms with Gasteiger partial charge in [0.05, 0.1) is 5.69 Å². The summed E-state index contributed by atoms with van der Waals surface area (Å²) in [5, 5.41) is 0. The van der Waals surface area contributed by atoms with E-state index in [0.29, 0.717) is 0 Å². The summed E-state index contributed by atoms with van der Waals surface area (Å²) in [6, 6.07) is 58.4. The summed E-state index contributed by atoms with van der Waals surface area (Å²) in [6.07, 6.45) is 0. The van der Waals surface area contributed by atoms with Crippen LogP contribution in [0.5, 0.6) is 0 Å². The number of para-hydroxylation sites is 2. The molecule has 2 heterocycles. The molecule has 7 aromatic carbocycles. The molecule has 0 amide bonds. The van der Waals surface area contributed by atoms with E-state index < -0.39 is 0 Å². The van der Waals surface area contributed by atoms with E-state index in [9.17, 15) is 0 Å². The molecule has 3 nitrogen and oxygen atoms in total. The van der Waals surface area contributed by atoms with Crippen molar-refractivity contribution >= 4 is 74.3 Å². The van der Waals surface area contributed by atoms with E-state index >= 15 is 0 Å². The molecule has 7 aromatic rings. The minimum Gasteiger partial charge on any atom is -0.311 e. The molecule has 50 heavy (non-hydrogen) atoms. The van der Waals surface area contributed by atoms with E-state index in [-0.39, 0.29) is 6.71 Å². The highest BCUT2D eigenvalue weighted by Crippen LogP contribution is 2.47. The molecule has 0 bridgehead atoms. The van der Waals surface area contributed by atoms with Gasteiger partial charge in [-0.2, -0.15) is 0 Å². The van der Waals surface area contributed by atoms with E-state index in [1.165, 1.54) is 61.4 Å². The van der Waals surface area contributed by atoms with Gasteiger partial charge in [0.1, 0.15) is 0 Å². The van der Waals surface area contributed by atoms with E-state index in [0.717, 1.165) is 28.4 Å². The van der Waals surface area contributed by atoms with Crippen molar-refractivity contribution in [1.29, 1.82) is 0 Å². The third kappa shape index (κ3) is 4.90. The Hall–Kier alpha value is -6.00. The lowest BCUT2D eigenvalue weighted by molar-refractivity contribution is 1.22. The van der Waals surface area contributed by atoms with Crippen LogP contribution in [0.4, 0.5) is 51.2 Å². The number of fused-ring (bicyclic) bond motifs is 4. The predicted molar refractivity (Wildman–Crippen MR) is 214 cm³/mol. The normalized spacial score (nSPS) is 12.7. The highest BCUT2D eigenvalue weighted by atomic mass is 15.2. The van der Waals surface area contributed by atoms with E-state index in [2.05, 4.69) is 200 Å². The quantitative estimate of drug-likeness (QED) is 0.173. The summed E-state index contributed by atoms with van der Waals surface area (Å²) >= 11 is 0. The van der Waals surface area contributed by atoms with Crippen molar-refractivity contribution in [3.8, 4) is 0 Å². The number of anilines is 9. The average Bonchev–Trinajstić information content (AvgIpc) is 3.14. The van der Waals surface area contributed by atoms with Crippen LogP contribution in [-0.2, 0) is 0 Å². The molecule has 240 valence electrons. The fraction of sp³-hybridized carbons (Fsp3) is 0.0870. The van der Waals surface area contributed by atoms with Gasteiger partial charge in [0.2, 0.25) is 0 Å². The lowest BCUT2D eigenvalue weighted by Crippen LogP contribution is -2.61. The zero-order chi connectivity index (χ0) is 33.9. The van der Waals surface area contributed by atoms with Gasteiger partial charge < -0.3 is 14.7 Å². The molecule has 4 heteroatoms. The van der Waals surface area contributed by atoms with Crippen molar-refractivity contribution in [3.05, 3.63) is 180 Å². The SMILES string of the molecule is Cc1ccc(N(c2ccc(C)cc2)c2cc3c4c(c2)N(c2ccc(C)cc2)c2ccc(C)cc2B4c2ccccc2N3c2ccccc2)cc1. The molecule has 9 rings (SSSR count). The van der Waals surface area contributed by atoms with Gasteiger partial charge in [0.15, 0.2) is 0 Å². The van der Waals surface area contributed by atoms with Crippen LogP contribution in [0.3, 0.4) is 0 Å². The van der Waals surface area contributed by atoms with Crippen LogP contribution in [0.2, 0.25) is 0 Å². The third-order valence-electron chi connectivity index (χ3n) is 10.3. The maximum atomic E-state index is 2.49. The Morgan fingerprint density at radius 3 is 1.46 bits per heavy atom. The van der Waals surface area contributed by atoms with Crippen LogP contribution >= 0.6 is 0 Å². The molecule has 2 aliphatic rings. The monoisotopic (exact) mass is 643 g/mol. The molecule has 0 N–H and O–H groups in total. The Labute approximate surface area is 295 Å². The largest absolute Gasteiger partial charge is 0.311 e. The van der Waals surface area contributed by atoms with Crippen LogP contribution < -0.4 is 31.1 Å². The molecule has 2 aliphatic heterocycles. The molecule has 0 fully saturated rings. The number of nitrogens with zero attached hydrogens (tertiary/aromatic N) is 3. The lowest BCUT2D eigenvalue weighted by Gasteiger charge is -2.45. The molecule has 0 spiro atoms.